The lowest BCUT2D eigenvalue weighted by Gasteiger charge is -2.17. The summed E-state index contributed by atoms with van der Waals surface area (Å²) in [7, 11) is 0. The Balaban J connectivity index is 2.49. The zero-order valence-electron chi connectivity index (χ0n) is 15.6. The summed E-state index contributed by atoms with van der Waals surface area (Å²) in [5.41, 5.74) is 2.24. The van der Waals surface area contributed by atoms with Crippen molar-refractivity contribution in [3.63, 3.8) is 0 Å². The van der Waals surface area contributed by atoms with Crippen LogP contribution in [0.25, 0.3) is 11.4 Å². The lowest BCUT2D eigenvalue weighted by Crippen LogP contribution is -2.11. The molecule has 0 saturated heterocycles. The maximum atomic E-state index is 12.7. The van der Waals surface area contributed by atoms with Gasteiger partial charge >= 0.3 is 6.18 Å². The lowest BCUT2D eigenvalue weighted by atomic mass is 9.94. The van der Waals surface area contributed by atoms with Gasteiger partial charge in [-0.2, -0.15) is 13.2 Å². The van der Waals surface area contributed by atoms with E-state index in [4.69, 9.17) is 0 Å². The molecule has 4 nitrogen and oxygen atoms in total. The SMILES string of the molecule is CCCC(CC)c1cc(C(C)CC)nc(-c2cnc(C(F)(F)F)nc2)n1. The number of rotatable bonds is 7. The Bertz CT molecular complexity index is 714. The Morgan fingerprint density at radius 2 is 1.58 bits per heavy atom. The first-order chi connectivity index (χ1) is 12.3. The van der Waals surface area contributed by atoms with Crippen molar-refractivity contribution in [1.29, 1.82) is 0 Å². The molecule has 2 aromatic rings. The number of alkyl halides is 3. The Labute approximate surface area is 152 Å². The smallest absolute Gasteiger partial charge is 0.233 e. The first-order valence-corrected chi connectivity index (χ1v) is 9.08. The molecule has 142 valence electrons. The molecular formula is C19H25F3N4. The van der Waals surface area contributed by atoms with Gasteiger partial charge in [-0.05, 0) is 31.2 Å². The van der Waals surface area contributed by atoms with Crippen molar-refractivity contribution in [1.82, 2.24) is 19.9 Å². The quantitative estimate of drug-likeness (QED) is 0.625. The standard InChI is InChI=1S/C19H25F3N4/c1-5-8-13(7-3)16-9-15(12(4)6-2)25-17(26-16)14-10-23-18(24-11-14)19(20,21)22/h9-13H,5-8H2,1-4H3. The molecule has 2 unspecified atom stereocenters. The maximum Gasteiger partial charge on any atom is 0.451 e. The second-order valence-electron chi connectivity index (χ2n) is 6.54. The van der Waals surface area contributed by atoms with Crippen LogP contribution in [0.1, 0.15) is 82.4 Å². The molecule has 0 saturated carbocycles. The van der Waals surface area contributed by atoms with Gasteiger partial charge in [-0.15, -0.1) is 0 Å². The molecule has 0 amide bonds. The van der Waals surface area contributed by atoms with Gasteiger partial charge in [0, 0.05) is 29.7 Å². The van der Waals surface area contributed by atoms with Crippen LogP contribution in [0.4, 0.5) is 13.2 Å². The van der Waals surface area contributed by atoms with Gasteiger partial charge < -0.3 is 0 Å². The highest BCUT2D eigenvalue weighted by atomic mass is 19.4. The Kier molecular flexibility index (Phi) is 6.67. The fourth-order valence-electron chi connectivity index (χ4n) is 2.78. The van der Waals surface area contributed by atoms with Crippen molar-refractivity contribution >= 4 is 0 Å². The zero-order valence-corrected chi connectivity index (χ0v) is 15.6. The number of nitrogens with zero attached hydrogens (tertiary/aromatic N) is 4. The van der Waals surface area contributed by atoms with Crippen LogP contribution in [0.3, 0.4) is 0 Å². The highest BCUT2D eigenvalue weighted by Gasteiger charge is 2.34. The van der Waals surface area contributed by atoms with Gasteiger partial charge in [0.2, 0.25) is 5.82 Å². The minimum Gasteiger partial charge on any atom is -0.233 e. The lowest BCUT2D eigenvalue weighted by molar-refractivity contribution is -0.144. The Morgan fingerprint density at radius 1 is 0.962 bits per heavy atom. The minimum absolute atomic E-state index is 0.241. The van der Waals surface area contributed by atoms with Crippen molar-refractivity contribution < 1.29 is 13.2 Å². The van der Waals surface area contributed by atoms with Crippen LogP contribution in [-0.4, -0.2) is 19.9 Å². The van der Waals surface area contributed by atoms with Crippen molar-refractivity contribution in [3.8, 4) is 11.4 Å². The van der Waals surface area contributed by atoms with E-state index >= 15 is 0 Å². The van der Waals surface area contributed by atoms with E-state index in [0.717, 1.165) is 49.5 Å². The van der Waals surface area contributed by atoms with E-state index < -0.39 is 12.0 Å². The van der Waals surface area contributed by atoms with Gasteiger partial charge in [0.05, 0.1) is 5.56 Å². The Morgan fingerprint density at radius 3 is 2.08 bits per heavy atom. The van der Waals surface area contributed by atoms with Crippen molar-refractivity contribution in [2.24, 2.45) is 0 Å². The molecular weight excluding hydrogens is 341 g/mol. The van der Waals surface area contributed by atoms with Crippen LogP contribution in [0, 0.1) is 0 Å². The first kappa shape index (κ1) is 20.3. The molecule has 0 fully saturated rings. The fraction of sp³-hybridized carbons (Fsp3) is 0.579. The number of hydrogen-bond donors (Lipinski definition) is 0. The van der Waals surface area contributed by atoms with Gasteiger partial charge in [-0.25, -0.2) is 19.9 Å². The summed E-state index contributed by atoms with van der Waals surface area (Å²) >= 11 is 0. The van der Waals surface area contributed by atoms with Gasteiger partial charge in [-0.3, -0.25) is 0 Å². The van der Waals surface area contributed by atoms with E-state index in [2.05, 4.69) is 47.6 Å². The molecule has 0 N–H and O–H groups in total. The van der Waals surface area contributed by atoms with Crippen LogP contribution in [0.15, 0.2) is 18.5 Å². The second-order valence-corrected chi connectivity index (χ2v) is 6.54. The van der Waals surface area contributed by atoms with Gasteiger partial charge in [-0.1, -0.05) is 34.1 Å². The number of halogens is 3. The third-order valence-corrected chi connectivity index (χ3v) is 4.59. The average molecular weight is 366 g/mol. The van der Waals surface area contributed by atoms with Crippen LogP contribution >= 0.6 is 0 Å². The molecule has 0 spiro atoms. The topological polar surface area (TPSA) is 51.6 Å². The third kappa shape index (κ3) is 4.77. The van der Waals surface area contributed by atoms with E-state index in [-0.39, 0.29) is 5.92 Å². The summed E-state index contributed by atoms with van der Waals surface area (Å²) in [5.74, 6) is -0.219. The van der Waals surface area contributed by atoms with Crippen molar-refractivity contribution in [2.75, 3.05) is 0 Å². The van der Waals surface area contributed by atoms with Crippen molar-refractivity contribution in [2.45, 2.75) is 71.4 Å². The van der Waals surface area contributed by atoms with E-state index in [1.807, 2.05) is 6.07 Å². The van der Waals surface area contributed by atoms with Crippen LogP contribution in [-0.2, 0) is 6.18 Å². The molecule has 2 heterocycles. The summed E-state index contributed by atoms with van der Waals surface area (Å²) in [6, 6.07) is 2.03. The monoisotopic (exact) mass is 366 g/mol. The fourth-order valence-corrected chi connectivity index (χ4v) is 2.78. The van der Waals surface area contributed by atoms with Gasteiger partial charge in [0.1, 0.15) is 0 Å². The minimum atomic E-state index is -4.56. The van der Waals surface area contributed by atoms with E-state index in [1.54, 1.807) is 0 Å². The molecule has 0 aliphatic carbocycles. The van der Waals surface area contributed by atoms with E-state index in [1.165, 1.54) is 0 Å². The summed E-state index contributed by atoms with van der Waals surface area (Å²) in [4.78, 5) is 16.1. The molecule has 0 radical (unpaired) electrons. The Hall–Kier alpha value is -2.05. The number of aromatic nitrogens is 4. The molecule has 0 aromatic carbocycles. The van der Waals surface area contributed by atoms with Gasteiger partial charge in [0.15, 0.2) is 5.82 Å². The summed E-state index contributed by atoms with van der Waals surface area (Å²) < 4.78 is 38.0. The second kappa shape index (κ2) is 8.56. The van der Waals surface area contributed by atoms with Crippen LogP contribution in [0.2, 0.25) is 0 Å². The zero-order chi connectivity index (χ0) is 19.3. The first-order valence-electron chi connectivity index (χ1n) is 9.08. The normalized spacial score (nSPS) is 14.3. The highest BCUT2D eigenvalue weighted by Crippen LogP contribution is 2.30. The van der Waals surface area contributed by atoms with E-state index in [0.29, 0.717) is 17.3 Å². The van der Waals surface area contributed by atoms with Gasteiger partial charge in [0.25, 0.3) is 0 Å². The summed E-state index contributed by atoms with van der Waals surface area (Å²) in [6.07, 6.45) is 1.66. The molecule has 7 heteroatoms. The summed E-state index contributed by atoms with van der Waals surface area (Å²) in [5, 5.41) is 0. The molecule has 2 aromatic heterocycles. The van der Waals surface area contributed by atoms with Crippen molar-refractivity contribution in [3.05, 3.63) is 35.7 Å². The van der Waals surface area contributed by atoms with Crippen LogP contribution in [0.5, 0.6) is 0 Å². The number of hydrogen-bond acceptors (Lipinski definition) is 4. The molecule has 0 aliphatic heterocycles. The molecule has 0 bridgehead atoms. The largest absolute Gasteiger partial charge is 0.451 e. The predicted octanol–water partition coefficient (Wildman–Crippen LogP) is 5.76. The maximum absolute atomic E-state index is 12.7. The molecule has 2 rings (SSSR count). The predicted molar refractivity (Wildman–Crippen MR) is 94.7 cm³/mol. The average Bonchev–Trinajstić information content (AvgIpc) is 2.64. The third-order valence-electron chi connectivity index (χ3n) is 4.59. The molecule has 0 aliphatic rings. The highest BCUT2D eigenvalue weighted by molar-refractivity contribution is 5.52. The summed E-state index contributed by atoms with van der Waals surface area (Å²) in [6.45, 7) is 8.41. The van der Waals surface area contributed by atoms with E-state index in [9.17, 15) is 13.2 Å². The molecule has 2 atom stereocenters. The van der Waals surface area contributed by atoms with Crippen LogP contribution < -0.4 is 0 Å². The molecule has 26 heavy (non-hydrogen) atoms.